The lowest BCUT2D eigenvalue weighted by molar-refractivity contribution is 0.0936. The molecule has 2 rings (SSSR count). The van der Waals surface area contributed by atoms with Gasteiger partial charge in [0.15, 0.2) is 0 Å². The molecule has 1 atom stereocenters. The Labute approximate surface area is 130 Å². The second kappa shape index (κ2) is 7.27. The number of carbonyl (C=O) groups excluding carboxylic acids is 1. The van der Waals surface area contributed by atoms with E-state index in [1.165, 1.54) is 4.88 Å². The van der Waals surface area contributed by atoms with Crippen LogP contribution in [0.2, 0.25) is 0 Å². The zero-order valence-corrected chi connectivity index (χ0v) is 13.5. The first-order valence-electron chi connectivity index (χ1n) is 7.20. The average Bonchev–Trinajstić information content (AvgIpc) is 3.01. The highest BCUT2D eigenvalue weighted by atomic mass is 32.1. The fourth-order valence-electron chi connectivity index (χ4n) is 2.18. The first kappa shape index (κ1) is 15.6. The smallest absolute Gasteiger partial charge is 0.252 e. The van der Waals surface area contributed by atoms with Crippen LogP contribution in [-0.4, -0.2) is 13.0 Å². The van der Waals surface area contributed by atoms with Gasteiger partial charge in [-0.25, -0.2) is 0 Å². The summed E-state index contributed by atoms with van der Waals surface area (Å²) < 4.78 is 5.16. The molecule has 0 aliphatic carbocycles. The molecule has 0 spiro atoms. The maximum Gasteiger partial charge on any atom is 0.252 e. The van der Waals surface area contributed by atoms with Gasteiger partial charge in [-0.05, 0) is 36.6 Å². The largest absolute Gasteiger partial charge is 0.497 e. The number of benzene rings is 1. The van der Waals surface area contributed by atoms with Gasteiger partial charge in [0, 0.05) is 10.3 Å². The van der Waals surface area contributed by atoms with E-state index in [-0.39, 0.29) is 11.9 Å². The fourth-order valence-corrected chi connectivity index (χ4v) is 3.00. The normalized spacial score (nSPS) is 12.0. The van der Waals surface area contributed by atoms with Gasteiger partial charge in [0.05, 0.1) is 18.7 Å². The first-order chi connectivity index (χ1) is 10.2. The Kier molecular flexibility index (Phi) is 5.39. The van der Waals surface area contributed by atoms with Gasteiger partial charge < -0.3 is 10.1 Å². The lowest BCUT2D eigenvalue weighted by Gasteiger charge is -2.17. The third-order valence-electron chi connectivity index (χ3n) is 3.50. The summed E-state index contributed by atoms with van der Waals surface area (Å²) in [5.41, 5.74) is 1.85. The molecule has 0 saturated heterocycles. The molecule has 0 aliphatic heterocycles. The van der Waals surface area contributed by atoms with E-state index in [1.807, 2.05) is 35.7 Å². The molecule has 1 aromatic carbocycles. The molecule has 0 radical (unpaired) electrons. The van der Waals surface area contributed by atoms with Gasteiger partial charge in [-0.1, -0.05) is 26.0 Å². The third kappa shape index (κ3) is 3.85. The van der Waals surface area contributed by atoms with Gasteiger partial charge in [-0.2, -0.15) is 0 Å². The Morgan fingerprint density at radius 3 is 2.52 bits per heavy atom. The molecule has 21 heavy (non-hydrogen) atoms. The van der Waals surface area contributed by atoms with Gasteiger partial charge in [0.25, 0.3) is 5.91 Å². The highest BCUT2D eigenvalue weighted by molar-refractivity contribution is 7.10. The minimum atomic E-state index is -0.00591. The van der Waals surface area contributed by atoms with Crippen molar-refractivity contribution >= 4 is 17.2 Å². The van der Waals surface area contributed by atoms with Gasteiger partial charge in [0.2, 0.25) is 0 Å². The number of methoxy groups -OCH3 is 1. The summed E-state index contributed by atoms with van der Waals surface area (Å²) in [4.78, 5) is 13.5. The molecule has 0 bridgehead atoms. The van der Waals surface area contributed by atoms with Crippen LogP contribution in [0.5, 0.6) is 5.75 Å². The summed E-state index contributed by atoms with van der Waals surface area (Å²) in [6.07, 6.45) is 1.82. The van der Waals surface area contributed by atoms with E-state index in [1.54, 1.807) is 18.4 Å². The van der Waals surface area contributed by atoms with E-state index in [0.717, 1.165) is 29.7 Å². The molecule has 0 saturated carbocycles. The summed E-state index contributed by atoms with van der Waals surface area (Å²) >= 11 is 1.64. The van der Waals surface area contributed by atoms with Crippen LogP contribution < -0.4 is 10.1 Å². The molecule has 1 heterocycles. The van der Waals surface area contributed by atoms with E-state index >= 15 is 0 Å². The van der Waals surface area contributed by atoms with Crippen LogP contribution in [0.15, 0.2) is 35.7 Å². The summed E-state index contributed by atoms with van der Waals surface area (Å²) in [5, 5.41) is 5.03. The number of hydrogen-bond donors (Lipinski definition) is 1. The number of carbonyl (C=O) groups is 1. The summed E-state index contributed by atoms with van der Waals surface area (Å²) in [6.45, 7) is 4.17. The van der Waals surface area contributed by atoms with Crippen LogP contribution in [0.3, 0.4) is 0 Å². The molecule has 0 fully saturated rings. The minimum Gasteiger partial charge on any atom is -0.497 e. The fraction of sp³-hybridized carbons (Fsp3) is 0.353. The summed E-state index contributed by atoms with van der Waals surface area (Å²) in [7, 11) is 1.65. The molecule has 1 unspecified atom stereocenters. The molecule has 1 amide bonds. The molecule has 1 N–H and O–H groups in total. The van der Waals surface area contributed by atoms with Crippen molar-refractivity contribution in [3.8, 4) is 5.75 Å². The Morgan fingerprint density at radius 1 is 1.29 bits per heavy atom. The molecule has 4 heteroatoms. The summed E-state index contributed by atoms with van der Waals surface area (Å²) in [5.74, 6) is 0.818. The van der Waals surface area contributed by atoms with Crippen molar-refractivity contribution in [1.82, 2.24) is 5.32 Å². The van der Waals surface area contributed by atoms with Crippen LogP contribution in [0.1, 0.15) is 47.1 Å². The van der Waals surface area contributed by atoms with E-state index in [2.05, 4.69) is 19.2 Å². The lowest BCUT2D eigenvalue weighted by Crippen LogP contribution is -2.27. The molecule has 2 aromatic rings. The van der Waals surface area contributed by atoms with E-state index in [9.17, 15) is 4.79 Å². The van der Waals surface area contributed by atoms with Crippen molar-refractivity contribution in [1.29, 1.82) is 0 Å². The van der Waals surface area contributed by atoms with Crippen LogP contribution >= 0.6 is 11.3 Å². The Morgan fingerprint density at radius 2 is 2.00 bits per heavy atom. The molecule has 3 nitrogen and oxygen atoms in total. The molecule has 1 aromatic heterocycles. The minimum absolute atomic E-state index is 0.00591. The van der Waals surface area contributed by atoms with E-state index < -0.39 is 0 Å². The number of amides is 1. The van der Waals surface area contributed by atoms with E-state index in [4.69, 9.17) is 4.74 Å². The van der Waals surface area contributed by atoms with Crippen molar-refractivity contribution in [2.75, 3.05) is 7.11 Å². The average molecular weight is 303 g/mol. The first-order valence-corrected chi connectivity index (χ1v) is 8.08. The second-order valence-corrected chi connectivity index (χ2v) is 5.86. The van der Waals surface area contributed by atoms with Gasteiger partial charge >= 0.3 is 0 Å². The topological polar surface area (TPSA) is 38.3 Å². The van der Waals surface area contributed by atoms with Crippen molar-refractivity contribution in [3.63, 3.8) is 0 Å². The van der Waals surface area contributed by atoms with Crippen molar-refractivity contribution in [3.05, 3.63) is 51.7 Å². The Balaban J connectivity index is 2.08. The van der Waals surface area contributed by atoms with Crippen LogP contribution in [0.4, 0.5) is 0 Å². The monoisotopic (exact) mass is 303 g/mol. The molecule has 0 aliphatic rings. The number of thiophene rings is 1. The standard InChI is InChI=1S/C17H21NO2S/c1-4-15-10-13(11-21-15)17(19)18-16(5-2)12-6-8-14(20-3)9-7-12/h6-11,16H,4-5H2,1-3H3,(H,18,19). The predicted octanol–water partition coefficient (Wildman–Crippen LogP) is 4.20. The molecule has 112 valence electrons. The number of ether oxygens (including phenoxy) is 1. The quantitative estimate of drug-likeness (QED) is 0.868. The highest BCUT2D eigenvalue weighted by Crippen LogP contribution is 2.21. The van der Waals surface area contributed by atoms with Crippen LogP contribution in [0.25, 0.3) is 0 Å². The second-order valence-electron chi connectivity index (χ2n) is 4.86. The molecular formula is C17H21NO2S. The zero-order valence-electron chi connectivity index (χ0n) is 12.7. The van der Waals surface area contributed by atoms with Crippen molar-refractivity contribution in [2.24, 2.45) is 0 Å². The number of hydrogen-bond acceptors (Lipinski definition) is 3. The predicted molar refractivity (Wildman–Crippen MR) is 87.2 cm³/mol. The lowest BCUT2D eigenvalue weighted by atomic mass is 10.0. The van der Waals surface area contributed by atoms with Crippen LogP contribution in [-0.2, 0) is 6.42 Å². The van der Waals surface area contributed by atoms with Gasteiger partial charge in [-0.15, -0.1) is 11.3 Å². The van der Waals surface area contributed by atoms with Gasteiger partial charge in [-0.3, -0.25) is 4.79 Å². The zero-order chi connectivity index (χ0) is 15.2. The number of rotatable bonds is 6. The Hall–Kier alpha value is -1.81. The maximum absolute atomic E-state index is 12.3. The number of aryl methyl sites for hydroxylation is 1. The molecular weight excluding hydrogens is 282 g/mol. The van der Waals surface area contributed by atoms with Crippen molar-refractivity contribution < 1.29 is 9.53 Å². The Bertz CT molecular complexity index is 589. The van der Waals surface area contributed by atoms with Crippen molar-refractivity contribution in [2.45, 2.75) is 32.7 Å². The third-order valence-corrected chi connectivity index (χ3v) is 4.58. The highest BCUT2D eigenvalue weighted by Gasteiger charge is 2.15. The van der Waals surface area contributed by atoms with E-state index in [0.29, 0.717) is 0 Å². The number of nitrogens with one attached hydrogen (secondary N) is 1. The van der Waals surface area contributed by atoms with Crippen LogP contribution in [0, 0.1) is 0 Å². The maximum atomic E-state index is 12.3. The van der Waals surface area contributed by atoms with Gasteiger partial charge in [0.1, 0.15) is 5.75 Å². The summed E-state index contributed by atoms with van der Waals surface area (Å²) in [6, 6.07) is 9.83. The SMILES string of the molecule is CCc1cc(C(=O)NC(CC)c2ccc(OC)cc2)cs1.